The number of aromatic nitrogens is 2. The molecule has 3 aromatic rings. The molecule has 0 saturated carbocycles. The number of hydrogen-bond donors (Lipinski definition) is 2. The Morgan fingerprint density at radius 2 is 1.68 bits per heavy atom. The Hall–Kier alpha value is -2.99. The Morgan fingerprint density at radius 3 is 2.36 bits per heavy atom. The molecule has 0 atom stereocenters. The fourth-order valence-corrected chi connectivity index (χ4v) is 2.42. The van der Waals surface area contributed by atoms with Crippen molar-refractivity contribution in [3.8, 4) is 0 Å². The summed E-state index contributed by atoms with van der Waals surface area (Å²) in [6, 6.07) is 17.1. The van der Waals surface area contributed by atoms with Gasteiger partial charge in [-0.2, -0.15) is 0 Å². The van der Waals surface area contributed by atoms with Crippen molar-refractivity contribution in [1.29, 1.82) is 0 Å². The maximum Gasteiger partial charge on any atom is 0.261 e. The van der Waals surface area contributed by atoms with Gasteiger partial charge in [-0.3, -0.25) is 4.79 Å². The van der Waals surface area contributed by atoms with Crippen LogP contribution in [-0.2, 0) is 6.54 Å². The van der Waals surface area contributed by atoms with E-state index >= 15 is 0 Å². The van der Waals surface area contributed by atoms with Crippen LogP contribution in [0.15, 0.2) is 60.7 Å². The first-order valence-electron chi connectivity index (χ1n) is 7.50. The fraction of sp³-hybridized carbons (Fsp3) is 0.0556. The Kier molecular flexibility index (Phi) is 5.20. The van der Waals surface area contributed by atoms with Crippen LogP contribution in [0.5, 0.6) is 0 Å². The van der Waals surface area contributed by atoms with Gasteiger partial charge >= 0.3 is 0 Å². The third-order valence-corrected chi connectivity index (χ3v) is 3.73. The van der Waals surface area contributed by atoms with Gasteiger partial charge in [0.1, 0.15) is 11.6 Å². The second-order valence-corrected chi connectivity index (χ2v) is 5.60. The van der Waals surface area contributed by atoms with E-state index in [2.05, 4.69) is 20.8 Å². The minimum absolute atomic E-state index is 0.0339. The van der Waals surface area contributed by atoms with Crippen molar-refractivity contribution in [2.75, 3.05) is 10.6 Å². The smallest absolute Gasteiger partial charge is 0.261 e. The molecule has 2 N–H and O–H groups in total. The topological polar surface area (TPSA) is 66.9 Å². The highest BCUT2D eigenvalue weighted by atomic mass is 35.5. The van der Waals surface area contributed by atoms with Crippen molar-refractivity contribution in [3.05, 3.63) is 82.6 Å². The quantitative estimate of drug-likeness (QED) is 0.721. The van der Waals surface area contributed by atoms with E-state index in [1.165, 1.54) is 18.2 Å². The highest BCUT2D eigenvalue weighted by Crippen LogP contribution is 2.20. The highest BCUT2D eigenvalue weighted by Gasteiger charge is 2.16. The lowest BCUT2D eigenvalue weighted by Gasteiger charge is -2.08. The average molecular weight is 357 g/mol. The molecule has 1 aromatic heterocycles. The lowest BCUT2D eigenvalue weighted by atomic mass is 10.2. The molecule has 2 aromatic carbocycles. The molecule has 0 radical (unpaired) electrons. The molecule has 0 unspecified atom stereocenters. The van der Waals surface area contributed by atoms with Gasteiger partial charge in [0, 0.05) is 6.54 Å². The predicted molar refractivity (Wildman–Crippen MR) is 95.2 cm³/mol. The normalized spacial score (nSPS) is 10.3. The number of benzene rings is 2. The number of halogens is 2. The molecule has 0 spiro atoms. The maximum absolute atomic E-state index is 13.7. The zero-order valence-electron chi connectivity index (χ0n) is 13.0. The first-order valence-corrected chi connectivity index (χ1v) is 7.88. The number of carbonyl (C=O) groups excluding carboxylic acids is 1. The van der Waals surface area contributed by atoms with Crippen LogP contribution in [0, 0.1) is 5.82 Å². The molecule has 0 aliphatic heterocycles. The Labute approximate surface area is 148 Å². The molecule has 0 bridgehead atoms. The molecule has 126 valence electrons. The Balaban J connectivity index is 1.63. The zero-order chi connectivity index (χ0) is 17.6. The van der Waals surface area contributed by atoms with Gasteiger partial charge in [0.15, 0.2) is 5.82 Å². The van der Waals surface area contributed by atoms with Gasteiger partial charge in [0.05, 0.1) is 10.6 Å². The summed E-state index contributed by atoms with van der Waals surface area (Å²) >= 11 is 5.87. The van der Waals surface area contributed by atoms with Crippen LogP contribution >= 0.6 is 11.6 Å². The second-order valence-electron chi connectivity index (χ2n) is 5.19. The van der Waals surface area contributed by atoms with Gasteiger partial charge in [-0.1, -0.05) is 48.0 Å². The average Bonchev–Trinajstić information content (AvgIpc) is 2.62. The summed E-state index contributed by atoms with van der Waals surface area (Å²) in [4.78, 5) is 12.1. The second kappa shape index (κ2) is 7.72. The molecule has 25 heavy (non-hydrogen) atoms. The first kappa shape index (κ1) is 16.9. The largest absolute Gasteiger partial charge is 0.365 e. The lowest BCUT2D eigenvalue weighted by Crippen LogP contribution is -2.16. The summed E-state index contributed by atoms with van der Waals surface area (Å²) in [5, 5.41) is 13.5. The Morgan fingerprint density at radius 1 is 0.960 bits per heavy atom. The summed E-state index contributed by atoms with van der Waals surface area (Å²) in [5.74, 6) is -0.609. The number of nitrogens with zero attached hydrogens (tertiary/aromatic N) is 2. The summed E-state index contributed by atoms with van der Waals surface area (Å²) < 4.78 is 13.7. The molecule has 3 rings (SSSR count). The lowest BCUT2D eigenvalue weighted by molar-refractivity contribution is 0.102. The number of nitrogens with one attached hydrogen (secondary N) is 2. The summed E-state index contributed by atoms with van der Waals surface area (Å²) in [6.07, 6.45) is 0. The minimum atomic E-state index is -0.695. The molecule has 0 aliphatic rings. The number of hydrogen-bond acceptors (Lipinski definition) is 4. The van der Waals surface area contributed by atoms with Gasteiger partial charge in [-0.15, -0.1) is 10.2 Å². The fourth-order valence-electron chi connectivity index (χ4n) is 2.18. The van der Waals surface area contributed by atoms with Crippen LogP contribution < -0.4 is 10.6 Å². The summed E-state index contributed by atoms with van der Waals surface area (Å²) in [7, 11) is 0. The molecular weight excluding hydrogens is 343 g/mol. The standard InChI is InChI=1S/C18H14ClFN4O/c19-13-7-4-8-14(20)17(13)18(25)22-16-10-9-15(23-24-16)21-11-12-5-2-1-3-6-12/h1-10H,11H2,(H,21,23)(H,22,24,25). The van der Waals surface area contributed by atoms with Gasteiger partial charge < -0.3 is 10.6 Å². The van der Waals surface area contributed by atoms with Gasteiger partial charge in [0.2, 0.25) is 0 Å². The van der Waals surface area contributed by atoms with Gasteiger partial charge in [0.25, 0.3) is 5.91 Å². The minimum Gasteiger partial charge on any atom is -0.365 e. The van der Waals surface area contributed by atoms with Crippen molar-refractivity contribution in [2.45, 2.75) is 6.54 Å². The zero-order valence-corrected chi connectivity index (χ0v) is 13.8. The maximum atomic E-state index is 13.7. The Bertz CT molecular complexity index is 852. The van der Waals surface area contributed by atoms with E-state index in [0.717, 1.165) is 5.56 Å². The van der Waals surface area contributed by atoms with Crippen molar-refractivity contribution in [1.82, 2.24) is 10.2 Å². The van der Waals surface area contributed by atoms with Crippen molar-refractivity contribution in [3.63, 3.8) is 0 Å². The van der Waals surface area contributed by atoms with Crippen molar-refractivity contribution in [2.24, 2.45) is 0 Å². The van der Waals surface area contributed by atoms with Crippen LogP contribution in [-0.4, -0.2) is 16.1 Å². The van der Waals surface area contributed by atoms with Crippen LogP contribution in [0.2, 0.25) is 5.02 Å². The van der Waals surface area contributed by atoms with Crippen molar-refractivity contribution < 1.29 is 9.18 Å². The van der Waals surface area contributed by atoms with E-state index < -0.39 is 11.7 Å². The van der Waals surface area contributed by atoms with E-state index in [-0.39, 0.29) is 16.4 Å². The number of carbonyl (C=O) groups is 1. The third kappa shape index (κ3) is 4.30. The van der Waals surface area contributed by atoms with Gasteiger partial charge in [-0.05, 0) is 29.8 Å². The molecule has 7 heteroatoms. The number of rotatable bonds is 5. The van der Waals surface area contributed by atoms with Crippen LogP contribution in [0.3, 0.4) is 0 Å². The SMILES string of the molecule is O=C(Nc1ccc(NCc2ccccc2)nn1)c1c(F)cccc1Cl. The number of anilines is 2. The molecule has 5 nitrogen and oxygen atoms in total. The molecule has 1 amide bonds. The molecule has 0 fully saturated rings. The van der Waals surface area contributed by atoms with Crippen molar-refractivity contribution >= 4 is 29.1 Å². The van der Waals surface area contributed by atoms with Crippen LogP contribution in [0.1, 0.15) is 15.9 Å². The van der Waals surface area contributed by atoms with Crippen LogP contribution in [0.4, 0.5) is 16.0 Å². The van der Waals surface area contributed by atoms with E-state index in [9.17, 15) is 9.18 Å². The highest BCUT2D eigenvalue weighted by molar-refractivity contribution is 6.34. The molecular formula is C18H14ClFN4O. The van der Waals surface area contributed by atoms with Gasteiger partial charge in [-0.25, -0.2) is 4.39 Å². The monoisotopic (exact) mass is 356 g/mol. The van der Waals surface area contributed by atoms with E-state index in [1.54, 1.807) is 12.1 Å². The summed E-state index contributed by atoms with van der Waals surface area (Å²) in [6.45, 7) is 0.603. The molecule has 0 aliphatic carbocycles. The van der Waals surface area contributed by atoms with E-state index in [0.29, 0.717) is 12.4 Å². The third-order valence-electron chi connectivity index (χ3n) is 3.41. The van der Waals surface area contributed by atoms with E-state index in [1.807, 2.05) is 30.3 Å². The summed E-state index contributed by atoms with van der Waals surface area (Å²) in [5.41, 5.74) is 0.883. The molecule has 0 saturated heterocycles. The van der Waals surface area contributed by atoms with E-state index in [4.69, 9.17) is 11.6 Å². The van der Waals surface area contributed by atoms with Crippen LogP contribution in [0.25, 0.3) is 0 Å². The number of amides is 1. The predicted octanol–water partition coefficient (Wildman–Crippen LogP) is 4.13. The molecule has 1 heterocycles. The first-order chi connectivity index (χ1) is 12.1.